The molecule has 0 saturated heterocycles. The van der Waals surface area contributed by atoms with Gasteiger partial charge in [-0.1, -0.05) is 0 Å². The number of nitrogens with zero attached hydrogens (tertiary/aromatic N) is 1. The summed E-state index contributed by atoms with van der Waals surface area (Å²) in [5.41, 5.74) is 5.63. The van der Waals surface area contributed by atoms with E-state index in [1.165, 1.54) is 20.3 Å². The lowest BCUT2D eigenvalue weighted by Gasteiger charge is -2.12. The van der Waals surface area contributed by atoms with Gasteiger partial charge in [-0.25, -0.2) is 13.8 Å². The highest BCUT2D eigenvalue weighted by atomic mass is 19.3. The number of pyridine rings is 1. The van der Waals surface area contributed by atoms with Crippen LogP contribution in [0.5, 0.6) is 5.75 Å². The topological polar surface area (TPSA) is 74.4 Å². The highest BCUT2D eigenvalue weighted by molar-refractivity contribution is 5.72. The zero-order valence-corrected chi connectivity index (χ0v) is 10.1. The number of hydrogen-bond acceptors (Lipinski definition) is 5. The lowest BCUT2D eigenvalue weighted by atomic mass is 10.1. The van der Waals surface area contributed by atoms with Crippen molar-refractivity contribution in [2.45, 2.75) is 19.4 Å². The maximum Gasteiger partial charge on any atom is 0.311 e. The molecule has 1 aromatic heterocycles. The van der Waals surface area contributed by atoms with Gasteiger partial charge in [-0.05, 0) is 11.6 Å². The Bertz CT molecular complexity index is 439. The standard InChI is InChI=1S/C11H14F2N2O3/c1-17-8-3-6(5-14)7(4-9(16)18-2)15-10(8)11(12)13/h3,11H,4-5,14H2,1-2H3. The molecule has 0 spiro atoms. The molecule has 1 aromatic rings. The maximum absolute atomic E-state index is 12.8. The van der Waals surface area contributed by atoms with Crippen molar-refractivity contribution in [3.8, 4) is 5.75 Å². The largest absolute Gasteiger partial charge is 0.495 e. The number of alkyl halides is 2. The molecule has 0 aliphatic carbocycles. The van der Waals surface area contributed by atoms with Gasteiger partial charge in [0, 0.05) is 6.54 Å². The number of rotatable bonds is 5. The highest BCUT2D eigenvalue weighted by Crippen LogP contribution is 2.29. The molecular weight excluding hydrogens is 246 g/mol. The zero-order chi connectivity index (χ0) is 13.7. The van der Waals surface area contributed by atoms with Crippen molar-refractivity contribution in [3.63, 3.8) is 0 Å². The summed E-state index contributed by atoms with van der Waals surface area (Å²) in [4.78, 5) is 14.9. The van der Waals surface area contributed by atoms with E-state index in [4.69, 9.17) is 10.5 Å². The van der Waals surface area contributed by atoms with Crippen molar-refractivity contribution in [2.75, 3.05) is 14.2 Å². The molecule has 2 N–H and O–H groups in total. The first-order chi connectivity index (χ1) is 8.53. The third kappa shape index (κ3) is 3.13. The van der Waals surface area contributed by atoms with Crippen LogP contribution < -0.4 is 10.5 Å². The van der Waals surface area contributed by atoms with Crippen molar-refractivity contribution in [3.05, 3.63) is 23.0 Å². The van der Waals surface area contributed by atoms with Crippen LogP contribution in [0.2, 0.25) is 0 Å². The van der Waals surface area contributed by atoms with Crippen LogP contribution in [0.4, 0.5) is 8.78 Å². The Morgan fingerprint density at radius 2 is 2.17 bits per heavy atom. The summed E-state index contributed by atoms with van der Waals surface area (Å²) >= 11 is 0. The number of aromatic nitrogens is 1. The second-order valence-electron chi connectivity index (χ2n) is 3.44. The van der Waals surface area contributed by atoms with Gasteiger partial charge in [0.1, 0.15) is 11.4 Å². The molecular formula is C11H14F2N2O3. The SMILES string of the molecule is COC(=O)Cc1nc(C(F)F)c(OC)cc1CN. The average molecular weight is 260 g/mol. The summed E-state index contributed by atoms with van der Waals surface area (Å²) in [6.07, 6.45) is -2.99. The van der Waals surface area contributed by atoms with Crippen molar-refractivity contribution >= 4 is 5.97 Å². The van der Waals surface area contributed by atoms with Crippen LogP contribution >= 0.6 is 0 Å². The second-order valence-corrected chi connectivity index (χ2v) is 3.44. The van der Waals surface area contributed by atoms with Gasteiger partial charge in [-0.3, -0.25) is 4.79 Å². The van der Waals surface area contributed by atoms with E-state index in [-0.39, 0.29) is 24.4 Å². The maximum atomic E-state index is 12.8. The van der Waals surface area contributed by atoms with Crippen LogP contribution in [-0.2, 0) is 22.5 Å². The molecule has 0 radical (unpaired) electrons. The van der Waals surface area contributed by atoms with E-state index in [1.807, 2.05) is 0 Å². The number of esters is 1. The molecule has 0 aliphatic rings. The van der Waals surface area contributed by atoms with E-state index in [0.29, 0.717) is 5.56 Å². The molecule has 5 nitrogen and oxygen atoms in total. The molecule has 0 fully saturated rings. The van der Waals surface area contributed by atoms with Crippen LogP contribution in [0.1, 0.15) is 23.4 Å². The number of hydrogen-bond donors (Lipinski definition) is 1. The summed E-state index contributed by atoms with van der Waals surface area (Å²) in [7, 11) is 2.48. The first-order valence-corrected chi connectivity index (χ1v) is 5.15. The fourth-order valence-electron chi connectivity index (χ4n) is 1.45. The minimum atomic E-state index is -2.79. The molecule has 0 unspecified atom stereocenters. The Hall–Kier alpha value is -1.76. The monoisotopic (exact) mass is 260 g/mol. The van der Waals surface area contributed by atoms with Crippen LogP contribution in [0.15, 0.2) is 6.07 Å². The van der Waals surface area contributed by atoms with Crippen molar-refractivity contribution in [1.82, 2.24) is 4.98 Å². The Labute approximate surface area is 103 Å². The minimum Gasteiger partial charge on any atom is -0.495 e. The normalized spacial score (nSPS) is 10.6. The number of carbonyl (C=O) groups is 1. The second kappa shape index (κ2) is 6.25. The Morgan fingerprint density at radius 3 is 2.61 bits per heavy atom. The smallest absolute Gasteiger partial charge is 0.311 e. The molecule has 0 aliphatic heterocycles. The molecule has 0 aromatic carbocycles. The van der Waals surface area contributed by atoms with Crippen molar-refractivity contribution < 1.29 is 23.0 Å². The molecule has 0 amide bonds. The third-order valence-electron chi connectivity index (χ3n) is 2.37. The van der Waals surface area contributed by atoms with Gasteiger partial charge in [-0.15, -0.1) is 0 Å². The van der Waals surface area contributed by atoms with Gasteiger partial charge in [-0.2, -0.15) is 0 Å². The highest BCUT2D eigenvalue weighted by Gasteiger charge is 2.20. The lowest BCUT2D eigenvalue weighted by Crippen LogP contribution is -2.13. The molecule has 100 valence electrons. The van der Waals surface area contributed by atoms with E-state index in [9.17, 15) is 13.6 Å². The quantitative estimate of drug-likeness (QED) is 0.805. The van der Waals surface area contributed by atoms with E-state index >= 15 is 0 Å². The summed E-state index contributed by atoms with van der Waals surface area (Å²) in [5, 5.41) is 0. The number of nitrogens with two attached hydrogens (primary N) is 1. The minimum absolute atomic E-state index is 0.0425. The molecule has 18 heavy (non-hydrogen) atoms. The van der Waals surface area contributed by atoms with Crippen molar-refractivity contribution in [1.29, 1.82) is 0 Å². The van der Waals surface area contributed by atoms with E-state index in [1.54, 1.807) is 0 Å². The summed E-state index contributed by atoms with van der Waals surface area (Å²) < 4.78 is 34.8. The van der Waals surface area contributed by atoms with Gasteiger partial charge in [0.2, 0.25) is 0 Å². The predicted octanol–water partition coefficient (Wildman–Crippen LogP) is 1.20. The van der Waals surface area contributed by atoms with Gasteiger partial charge in [0.25, 0.3) is 6.43 Å². The van der Waals surface area contributed by atoms with E-state index in [0.717, 1.165) is 0 Å². The van der Waals surface area contributed by atoms with Gasteiger partial charge >= 0.3 is 5.97 Å². The van der Waals surface area contributed by atoms with Crippen molar-refractivity contribution in [2.24, 2.45) is 5.73 Å². The molecule has 0 bridgehead atoms. The molecule has 0 saturated carbocycles. The van der Waals surface area contributed by atoms with E-state index in [2.05, 4.69) is 9.72 Å². The first-order valence-electron chi connectivity index (χ1n) is 5.15. The summed E-state index contributed by atoms with van der Waals surface area (Å²) in [5.74, 6) is -0.610. The van der Waals surface area contributed by atoms with Crippen LogP contribution in [0, 0.1) is 0 Å². The lowest BCUT2D eigenvalue weighted by molar-refractivity contribution is -0.139. The molecule has 7 heteroatoms. The predicted molar refractivity (Wildman–Crippen MR) is 59.4 cm³/mol. The Kier molecular flexibility index (Phi) is 4.96. The summed E-state index contributed by atoms with van der Waals surface area (Å²) in [6.45, 7) is 0.0687. The van der Waals surface area contributed by atoms with Gasteiger partial charge in [0.05, 0.1) is 26.3 Å². The molecule has 1 heterocycles. The fraction of sp³-hybridized carbons (Fsp3) is 0.455. The number of halogens is 2. The number of carbonyl (C=O) groups excluding carboxylic acids is 1. The fourth-order valence-corrected chi connectivity index (χ4v) is 1.45. The molecule has 0 atom stereocenters. The van der Waals surface area contributed by atoms with Crippen LogP contribution in [0.3, 0.4) is 0 Å². The third-order valence-corrected chi connectivity index (χ3v) is 2.37. The van der Waals surface area contributed by atoms with E-state index < -0.39 is 18.1 Å². The zero-order valence-electron chi connectivity index (χ0n) is 10.1. The summed E-state index contributed by atoms with van der Waals surface area (Å²) in [6, 6.07) is 1.37. The van der Waals surface area contributed by atoms with Crippen LogP contribution in [0.25, 0.3) is 0 Å². The average Bonchev–Trinajstić information content (AvgIpc) is 2.37. The first kappa shape index (κ1) is 14.3. The molecule has 1 rings (SSSR count). The van der Waals surface area contributed by atoms with Crippen LogP contribution in [-0.4, -0.2) is 25.2 Å². The number of methoxy groups -OCH3 is 2. The van der Waals surface area contributed by atoms with Gasteiger partial charge in [0.15, 0.2) is 0 Å². The number of ether oxygens (including phenoxy) is 2. The van der Waals surface area contributed by atoms with Gasteiger partial charge < -0.3 is 15.2 Å². The Morgan fingerprint density at radius 1 is 1.50 bits per heavy atom. The Balaban J connectivity index is 3.22.